The largest absolute Gasteiger partial charge is 0.457 e. The van der Waals surface area contributed by atoms with E-state index >= 15 is 0 Å². The van der Waals surface area contributed by atoms with Crippen molar-refractivity contribution in [1.29, 1.82) is 0 Å². The number of rotatable bonds is 5. The second-order valence-electron chi connectivity index (χ2n) is 8.01. The van der Waals surface area contributed by atoms with Gasteiger partial charge in [0, 0.05) is 23.2 Å². The van der Waals surface area contributed by atoms with Crippen LogP contribution >= 0.6 is 0 Å². The molecule has 4 rings (SSSR count). The molecule has 0 fully saturated rings. The fourth-order valence-corrected chi connectivity index (χ4v) is 3.84. The molecule has 2 aliphatic rings. The number of terminal acetylenes is 1. The third-order valence-electron chi connectivity index (χ3n) is 5.38. The maximum absolute atomic E-state index is 12.9. The van der Waals surface area contributed by atoms with Gasteiger partial charge in [-0.2, -0.15) is 0 Å². The van der Waals surface area contributed by atoms with Crippen LogP contribution in [-0.2, 0) is 21.6 Å². The lowest BCUT2D eigenvalue weighted by molar-refractivity contribution is -0.130. The molecule has 0 bridgehead atoms. The van der Waals surface area contributed by atoms with Gasteiger partial charge in [-0.15, -0.1) is 6.42 Å². The van der Waals surface area contributed by atoms with Crippen LogP contribution in [0.5, 0.6) is 11.5 Å². The van der Waals surface area contributed by atoms with Gasteiger partial charge in [0.15, 0.2) is 11.5 Å². The SMILES string of the molecule is C#CC(O)(CC(C)(C)c1cccc2c1OCO2)C(=O)Nc1ccc2c(c1)COC2=O. The summed E-state index contributed by atoms with van der Waals surface area (Å²) in [6.45, 7) is 4.01. The Morgan fingerprint density at radius 2 is 2.03 bits per heavy atom. The summed E-state index contributed by atoms with van der Waals surface area (Å²) in [5.41, 5.74) is -0.443. The number of carbonyl (C=O) groups excluding carboxylic acids is 2. The van der Waals surface area contributed by atoms with E-state index in [9.17, 15) is 14.7 Å². The monoisotopic (exact) mass is 407 g/mol. The summed E-state index contributed by atoms with van der Waals surface area (Å²) in [5, 5.41) is 13.7. The molecule has 30 heavy (non-hydrogen) atoms. The number of nitrogens with one attached hydrogen (secondary N) is 1. The highest BCUT2D eigenvalue weighted by molar-refractivity contribution is 6.00. The molecule has 0 aliphatic carbocycles. The van der Waals surface area contributed by atoms with E-state index in [1.165, 1.54) is 0 Å². The average Bonchev–Trinajstić information content (AvgIpc) is 3.33. The van der Waals surface area contributed by atoms with Crippen LogP contribution in [0.3, 0.4) is 0 Å². The molecule has 2 aromatic carbocycles. The summed E-state index contributed by atoms with van der Waals surface area (Å²) in [5.74, 6) is 2.32. The summed E-state index contributed by atoms with van der Waals surface area (Å²) in [7, 11) is 0. The van der Waals surface area contributed by atoms with Gasteiger partial charge < -0.3 is 24.6 Å². The van der Waals surface area contributed by atoms with Crippen molar-refractivity contribution >= 4 is 17.6 Å². The van der Waals surface area contributed by atoms with Crippen molar-refractivity contribution in [2.24, 2.45) is 0 Å². The van der Waals surface area contributed by atoms with E-state index in [2.05, 4.69) is 11.2 Å². The Morgan fingerprint density at radius 1 is 1.23 bits per heavy atom. The Bertz CT molecular complexity index is 1080. The number of anilines is 1. The van der Waals surface area contributed by atoms with Gasteiger partial charge in [-0.3, -0.25) is 4.79 Å². The second-order valence-corrected chi connectivity index (χ2v) is 8.01. The van der Waals surface area contributed by atoms with Gasteiger partial charge in [0.1, 0.15) is 6.61 Å². The normalized spacial score (nSPS) is 16.3. The maximum Gasteiger partial charge on any atom is 0.338 e. The van der Waals surface area contributed by atoms with Crippen molar-refractivity contribution in [2.45, 2.75) is 37.9 Å². The smallest absolute Gasteiger partial charge is 0.338 e. The van der Waals surface area contributed by atoms with Crippen LogP contribution < -0.4 is 14.8 Å². The van der Waals surface area contributed by atoms with Crippen LogP contribution in [0.15, 0.2) is 36.4 Å². The molecule has 154 valence electrons. The fourth-order valence-electron chi connectivity index (χ4n) is 3.84. The minimum absolute atomic E-state index is 0.0469. The number of ether oxygens (including phenoxy) is 3. The van der Waals surface area contributed by atoms with Gasteiger partial charge in [0.05, 0.1) is 5.56 Å². The van der Waals surface area contributed by atoms with Crippen molar-refractivity contribution in [3.8, 4) is 23.8 Å². The Morgan fingerprint density at radius 3 is 2.80 bits per heavy atom. The van der Waals surface area contributed by atoms with E-state index in [-0.39, 0.29) is 19.8 Å². The zero-order valence-electron chi connectivity index (χ0n) is 16.7. The van der Waals surface area contributed by atoms with Crippen molar-refractivity contribution in [2.75, 3.05) is 12.1 Å². The third kappa shape index (κ3) is 3.36. The Kier molecular flexibility index (Phi) is 4.67. The first-order valence-electron chi connectivity index (χ1n) is 9.44. The van der Waals surface area contributed by atoms with E-state index in [1.54, 1.807) is 24.3 Å². The summed E-state index contributed by atoms with van der Waals surface area (Å²) in [4.78, 5) is 24.5. The van der Waals surface area contributed by atoms with Gasteiger partial charge in [-0.25, -0.2) is 4.79 Å². The zero-order valence-corrected chi connectivity index (χ0v) is 16.7. The van der Waals surface area contributed by atoms with Gasteiger partial charge >= 0.3 is 5.97 Å². The molecule has 0 aromatic heterocycles. The number of aliphatic hydroxyl groups is 1. The van der Waals surface area contributed by atoms with E-state index in [4.69, 9.17) is 20.6 Å². The molecule has 0 saturated carbocycles. The first-order valence-corrected chi connectivity index (χ1v) is 9.44. The fraction of sp³-hybridized carbons (Fsp3) is 0.304. The first kappa shape index (κ1) is 19.8. The lowest BCUT2D eigenvalue weighted by Gasteiger charge is -2.33. The summed E-state index contributed by atoms with van der Waals surface area (Å²) in [6.07, 6.45) is 5.54. The number of para-hydroxylation sites is 1. The van der Waals surface area contributed by atoms with Crippen LogP contribution in [0.1, 0.15) is 41.8 Å². The standard InChI is InChI=1S/C23H21NO6/c1-4-23(27,12-22(2,3)17-6-5-7-18-19(17)30-13-29-18)21(26)24-15-8-9-16-14(10-15)11-28-20(16)25/h1,5-10,27H,11-13H2,2-3H3,(H,24,26). The number of hydrogen-bond acceptors (Lipinski definition) is 6. The number of amides is 1. The highest BCUT2D eigenvalue weighted by Gasteiger charge is 2.42. The van der Waals surface area contributed by atoms with Crippen molar-refractivity contribution < 1.29 is 28.9 Å². The van der Waals surface area contributed by atoms with Crippen molar-refractivity contribution in [1.82, 2.24) is 0 Å². The minimum Gasteiger partial charge on any atom is -0.457 e. The molecule has 2 aromatic rings. The van der Waals surface area contributed by atoms with E-state index in [0.29, 0.717) is 28.3 Å². The molecule has 2 N–H and O–H groups in total. The van der Waals surface area contributed by atoms with Crippen LogP contribution in [0.2, 0.25) is 0 Å². The number of carbonyl (C=O) groups is 2. The topological polar surface area (TPSA) is 94.1 Å². The van der Waals surface area contributed by atoms with Crippen LogP contribution in [-0.4, -0.2) is 29.4 Å². The van der Waals surface area contributed by atoms with Crippen LogP contribution in [0.4, 0.5) is 5.69 Å². The van der Waals surface area contributed by atoms with Crippen molar-refractivity contribution in [3.63, 3.8) is 0 Å². The molecule has 1 amide bonds. The molecule has 7 heteroatoms. The molecule has 2 aliphatic heterocycles. The molecule has 0 radical (unpaired) electrons. The Hall–Kier alpha value is -3.50. The Labute approximate surface area is 173 Å². The van der Waals surface area contributed by atoms with Gasteiger partial charge in [0.25, 0.3) is 5.91 Å². The van der Waals surface area contributed by atoms with Crippen LogP contribution in [0.25, 0.3) is 0 Å². The van der Waals surface area contributed by atoms with Crippen LogP contribution in [0, 0.1) is 12.3 Å². The van der Waals surface area contributed by atoms with Gasteiger partial charge in [-0.05, 0) is 29.7 Å². The van der Waals surface area contributed by atoms with E-state index in [0.717, 1.165) is 5.56 Å². The molecule has 1 unspecified atom stereocenters. The molecular weight excluding hydrogens is 386 g/mol. The molecule has 7 nitrogen and oxygen atoms in total. The third-order valence-corrected chi connectivity index (χ3v) is 5.38. The minimum atomic E-state index is -2.07. The van der Waals surface area contributed by atoms with E-state index < -0.39 is 22.9 Å². The average molecular weight is 407 g/mol. The highest BCUT2D eigenvalue weighted by Crippen LogP contribution is 2.44. The molecule has 0 saturated heterocycles. The zero-order chi connectivity index (χ0) is 21.5. The second kappa shape index (κ2) is 7.08. The quantitative estimate of drug-likeness (QED) is 0.585. The molecule has 2 heterocycles. The summed E-state index contributed by atoms with van der Waals surface area (Å²) >= 11 is 0. The van der Waals surface area contributed by atoms with Crippen molar-refractivity contribution in [3.05, 3.63) is 53.1 Å². The molecular formula is C23H21NO6. The lowest BCUT2D eigenvalue weighted by atomic mass is 9.74. The molecule has 1 atom stereocenters. The number of benzene rings is 2. The van der Waals surface area contributed by atoms with Gasteiger partial charge in [0.2, 0.25) is 12.4 Å². The predicted octanol–water partition coefficient (Wildman–Crippen LogP) is 2.76. The number of fused-ring (bicyclic) bond motifs is 2. The highest BCUT2D eigenvalue weighted by atomic mass is 16.7. The summed E-state index contributed by atoms with van der Waals surface area (Å²) < 4.78 is 16.0. The first-order chi connectivity index (χ1) is 14.2. The number of cyclic esters (lactones) is 1. The summed E-state index contributed by atoms with van der Waals surface area (Å²) in [6, 6.07) is 10.3. The number of hydrogen-bond donors (Lipinski definition) is 2. The lowest BCUT2D eigenvalue weighted by Crippen LogP contribution is -2.46. The predicted molar refractivity (Wildman–Crippen MR) is 108 cm³/mol. The maximum atomic E-state index is 12.9. The number of esters is 1. The Balaban J connectivity index is 1.56. The van der Waals surface area contributed by atoms with Gasteiger partial charge in [-0.1, -0.05) is 31.9 Å². The van der Waals surface area contributed by atoms with E-state index in [1.807, 2.05) is 26.0 Å². The molecule has 0 spiro atoms.